The standard InChI is InChI=1S/C23H15F10O2P/c1-23(2,3)8-5-7(35-4)6-9(20(8)34)36(21-16(30)12(26)10(24)13(27)17(21)31)22-18(32)14(28)11(25)15(29)19(22)33/h5-6,34H,1-4H3. The molecule has 0 amide bonds. The summed E-state index contributed by atoms with van der Waals surface area (Å²) in [5.74, 6) is -26.8. The molecule has 0 atom stereocenters. The molecule has 0 aliphatic rings. The van der Waals surface area contributed by atoms with Gasteiger partial charge in [0, 0.05) is 18.8 Å². The Morgan fingerprint density at radius 1 is 0.611 bits per heavy atom. The van der Waals surface area contributed by atoms with E-state index in [1.807, 2.05) is 0 Å². The minimum absolute atomic E-state index is 0.0860. The van der Waals surface area contributed by atoms with E-state index in [2.05, 4.69) is 0 Å². The van der Waals surface area contributed by atoms with E-state index in [1.165, 1.54) is 26.8 Å². The first kappa shape index (κ1) is 27.6. The van der Waals surface area contributed by atoms with Gasteiger partial charge in [0.25, 0.3) is 0 Å². The minimum Gasteiger partial charge on any atom is -0.507 e. The van der Waals surface area contributed by atoms with Crippen molar-refractivity contribution < 1.29 is 53.7 Å². The molecule has 3 rings (SSSR count). The van der Waals surface area contributed by atoms with E-state index in [9.17, 15) is 49.0 Å². The maximum Gasteiger partial charge on any atom is 0.200 e. The van der Waals surface area contributed by atoms with Gasteiger partial charge < -0.3 is 9.84 Å². The summed E-state index contributed by atoms with van der Waals surface area (Å²) in [5.41, 5.74) is -1.10. The van der Waals surface area contributed by atoms with Crippen LogP contribution in [0.2, 0.25) is 0 Å². The molecule has 0 saturated heterocycles. The zero-order valence-corrected chi connectivity index (χ0v) is 19.6. The van der Waals surface area contributed by atoms with Gasteiger partial charge in [0.05, 0.1) is 17.7 Å². The largest absolute Gasteiger partial charge is 0.507 e. The highest BCUT2D eigenvalue weighted by Gasteiger charge is 2.40. The molecule has 0 radical (unpaired) electrons. The van der Waals surface area contributed by atoms with Crippen LogP contribution in [-0.4, -0.2) is 12.2 Å². The van der Waals surface area contributed by atoms with Crippen molar-refractivity contribution in [1.82, 2.24) is 0 Å². The molecule has 0 unspecified atom stereocenters. The van der Waals surface area contributed by atoms with Crippen molar-refractivity contribution in [3.63, 3.8) is 0 Å². The quantitative estimate of drug-likeness (QED) is 0.194. The van der Waals surface area contributed by atoms with Gasteiger partial charge in [-0.1, -0.05) is 20.8 Å². The number of ether oxygens (including phenoxy) is 1. The van der Waals surface area contributed by atoms with Crippen molar-refractivity contribution in [3.05, 3.63) is 75.9 Å². The number of halogens is 10. The minimum atomic E-state index is -3.85. The third-order valence-corrected chi connectivity index (χ3v) is 7.67. The average molecular weight is 544 g/mol. The first-order valence-electron chi connectivity index (χ1n) is 9.80. The van der Waals surface area contributed by atoms with E-state index in [0.29, 0.717) is 0 Å². The van der Waals surface area contributed by atoms with Crippen molar-refractivity contribution in [3.8, 4) is 11.5 Å². The average Bonchev–Trinajstić information content (AvgIpc) is 2.82. The fraction of sp³-hybridized carbons (Fsp3) is 0.217. The van der Waals surface area contributed by atoms with E-state index in [-0.39, 0.29) is 11.3 Å². The van der Waals surface area contributed by atoms with Crippen LogP contribution in [-0.2, 0) is 5.41 Å². The smallest absolute Gasteiger partial charge is 0.200 e. The number of hydrogen-bond donors (Lipinski definition) is 1. The molecule has 36 heavy (non-hydrogen) atoms. The Morgan fingerprint density at radius 3 is 1.25 bits per heavy atom. The molecule has 0 aromatic heterocycles. The van der Waals surface area contributed by atoms with Crippen molar-refractivity contribution in [2.45, 2.75) is 26.2 Å². The molecule has 0 bridgehead atoms. The van der Waals surface area contributed by atoms with Gasteiger partial charge in [0.15, 0.2) is 46.5 Å². The van der Waals surface area contributed by atoms with Crippen molar-refractivity contribution in [2.75, 3.05) is 7.11 Å². The second kappa shape index (κ2) is 9.46. The second-order valence-electron chi connectivity index (χ2n) is 8.47. The van der Waals surface area contributed by atoms with Gasteiger partial charge >= 0.3 is 0 Å². The maximum atomic E-state index is 14.9. The molecule has 0 saturated carbocycles. The Balaban J connectivity index is 2.65. The van der Waals surface area contributed by atoms with Crippen molar-refractivity contribution in [1.29, 1.82) is 0 Å². The molecule has 0 aliphatic heterocycles. The van der Waals surface area contributed by atoms with Crippen LogP contribution < -0.4 is 20.7 Å². The summed E-state index contributed by atoms with van der Waals surface area (Å²) in [5, 5.41) is 6.26. The summed E-state index contributed by atoms with van der Waals surface area (Å²) >= 11 is 0. The zero-order valence-electron chi connectivity index (χ0n) is 18.7. The predicted molar refractivity (Wildman–Crippen MR) is 112 cm³/mol. The fourth-order valence-electron chi connectivity index (χ4n) is 3.39. The van der Waals surface area contributed by atoms with Crippen LogP contribution in [0.1, 0.15) is 26.3 Å². The van der Waals surface area contributed by atoms with Crippen LogP contribution >= 0.6 is 7.92 Å². The first-order chi connectivity index (χ1) is 16.6. The third kappa shape index (κ3) is 4.25. The van der Waals surface area contributed by atoms with E-state index < -0.39 is 93.2 Å². The molecule has 3 aromatic rings. The van der Waals surface area contributed by atoms with Crippen LogP contribution in [0.4, 0.5) is 43.9 Å². The number of methoxy groups -OCH3 is 1. The molecule has 2 nitrogen and oxygen atoms in total. The van der Waals surface area contributed by atoms with Gasteiger partial charge in [-0.25, -0.2) is 43.9 Å². The van der Waals surface area contributed by atoms with Crippen LogP contribution in [0.5, 0.6) is 11.5 Å². The van der Waals surface area contributed by atoms with Crippen molar-refractivity contribution in [2.24, 2.45) is 0 Å². The van der Waals surface area contributed by atoms with Crippen LogP contribution in [0, 0.1) is 58.2 Å². The molecule has 0 fully saturated rings. The van der Waals surface area contributed by atoms with Gasteiger partial charge in [-0.3, -0.25) is 0 Å². The summed E-state index contributed by atoms with van der Waals surface area (Å²) < 4.78 is 148. The number of benzene rings is 3. The Hall–Kier alpha value is -3.01. The number of aromatic hydroxyl groups is 1. The molecular weight excluding hydrogens is 529 g/mol. The number of phenolic OH excluding ortho intramolecular Hbond substituents is 1. The second-order valence-corrected chi connectivity index (χ2v) is 10.5. The molecule has 194 valence electrons. The van der Waals surface area contributed by atoms with Gasteiger partial charge in [0.2, 0.25) is 11.6 Å². The SMILES string of the molecule is COc1cc(P(c2c(F)c(F)c(F)c(F)c2F)c2c(F)c(F)c(F)c(F)c2F)c(O)c(C(C)(C)C)c1. The summed E-state index contributed by atoms with van der Waals surface area (Å²) in [6.45, 7) is 4.55. The molecule has 0 heterocycles. The summed E-state index contributed by atoms with van der Waals surface area (Å²) in [6, 6.07) is 1.95. The molecule has 13 heteroatoms. The first-order valence-corrected chi connectivity index (χ1v) is 11.1. The summed E-state index contributed by atoms with van der Waals surface area (Å²) in [4.78, 5) is 0. The predicted octanol–water partition coefficient (Wildman–Crippen LogP) is 5.85. The number of phenols is 1. The van der Waals surface area contributed by atoms with E-state index in [4.69, 9.17) is 4.74 Å². The lowest BCUT2D eigenvalue weighted by Gasteiger charge is -2.28. The lowest BCUT2D eigenvalue weighted by atomic mass is 9.86. The van der Waals surface area contributed by atoms with E-state index in [1.54, 1.807) is 0 Å². The molecule has 0 aliphatic carbocycles. The monoisotopic (exact) mass is 544 g/mol. The zero-order chi connectivity index (χ0) is 27.4. The van der Waals surface area contributed by atoms with Gasteiger partial charge in [-0.15, -0.1) is 0 Å². The Bertz CT molecular complexity index is 1260. The summed E-state index contributed by atoms with van der Waals surface area (Å²) in [6.07, 6.45) is 0. The highest BCUT2D eigenvalue weighted by molar-refractivity contribution is 7.80. The number of rotatable bonds is 4. The fourth-order valence-corrected chi connectivity index (χ4v) is 5.86. The highest BCUT2D eigenvalue weighted by Crippen LogP contribution is 2.45. The van der Waals surface area contributed by atoms with E-state index >= 15 is 0 Å². The maximum absolute atomic E-state index is 14.9. The number of hydrogen-bond acceptors (Lipinski definition) is 2. The van der Waals surface area contributed by atoms with Gasteiger partial charge in [-0.2, -0.15) is 0 Å². The van der Waals surface area contributed by atoms with Crippen LogP contribution in [0.25, 0.3) is 0 Å². The van der Waals surface area contributed by atoms with Gasteiger partial charge in [-0.05, 0) is 17.5 Å². The molecule has 3 aromatic carbocycles. The van der Waals surface area contributed by atoms with Crippen LogP contribution in [0.15, 0.2) is 12.1 Å². The third-order valence-electron chi connectivity index (χ3n) is 5.17. The Labute approximate surface area is 198 Å². The van der Waals surface area contributed by atoms with Crippen molar-refractivity contribution >= 4 is 23.8 Å². The lowest BCUT2D eigenvalue weighted by molar-refractivity contribution is 0.383. The normalized spacial score (nSPS) is 12.0. The summed E-state index contributed by atoms with van der Waals surface area (Å²) in [7, 11) is -2.76. The molecule has 1 N–H and O–H groups in total. The Morgan fingerprint density at radius 2 is 0.944 bits per heavy atom. The topological polar surface area (TPSA) is 29.5 Å². The van der Waals surface area contributed by atoms with Crippen LogP contribution in [0.3, 0.4) is 0 Å². The Kier molecular flexibility index (Phi) is 7.25. The van der Waals surface area contributed by atoms with Gasteiger partial charge in [0.1, 0.15) is 11.5 Å². The van der Waals surface area contributed by atoms with E-state index in [0.717, 1.165) is 13.2 Å². The molecule has 0 spiro atoms. The molecular formula is C23H15F10O2P. The highest BCUT2D eigenvalue weighted by atomic mass is 31.1. The lowest BCUT2D eigenvalue weighted by Crippen LogP contribution is -2.33.